The van der Waals surface area contributed by atoms with Crippen molar-refractivity contribution in [1.82, 2.24) is 0 Å². The summed E-state index contributed by atoms with van der Waals surface area (Å²) in [5.74, 6) is 1.06. The highest BCUT2D eigenvalue weighted by molar-refractivity contribution is 5.95. The number of fused-ring (bicyclic) bond motifs is 3. The van der Waals surface area contributed by atoms with Gasteiger partial charge in [-0.3, -0.25) is 4.79 Å². The van der Waals surface area contributed by atoms with Crippen LogP contribution < -0.4 is 15.8 Å². The minimum absolute atomic E-state index is 0.0912. The normalized spacial score (nSPS) is 21.5. The number of hydrogen-bond acceptors (Lipinski definition) is 3. The highest BCUT2D eigenvalue weighted by Gasteiger charge is 2.29. The first-order chi connectivity index (χ1) is 8.19. The van der Waals surface area contributed by atoms with Gasteiger partial charge in [-0.15, -0.1) is 0 Å². The monoisotopic (exact) mass is 232 g/mol. The van der Waals surface area contributed by atoms with Crippen molar-refractivity contribution in [2.24, 2.45) is 5.73 Å². The fourth-order valence-corrected chi connectivity index (χ4v) is 2.69. The lowest BCUT2D eigenvalue weighted by Crippen LogP contribution is -2.24. The molecule has 4 nitrogen and oxygen atoms in total. The molecule has 1 atom stereocenters. The summed E-state index contributed by atoms with van der Waals surface area (Å²) in [4.78, 5) is 11.4. The molecule has 2 aliphatic heterocycles. The van der Waals surface area contributed by atoms with Crippen molar-refractivity contribution in [3.8, 4) is 5.75 Å². The van der Waals surface area contributed by atoms with Crippen molar-refractivity contribution >= 4 is 11.6 Å². The quantitative estimate of drug-likeness (QED) is 0.763. The van der Waals surface area contributed by atoms with Gasteiger partial charge >= 0.3 is 0 Å². The van der Waals surface area contributed by atoms with Crippen LogP contribution >= 0.6 is 0 Å². The fourth-order valence-electron chi connectivity index (χ4n) is 2.69. The second-order valence-electron chi connectivity index (χ2n) is 4.75. The average Bonchev–Trinajstić information content (AvgIpc) is 2.72. The maximum Gasteiger partial charge on any atom is 0.224 e. The van der Waals surface area contributed by atoms with E-state index in [1.165, 1.54) is 11.1 Å². The molecule has 1 amide bonds. The lowest BCUT2D eigenvalue weighted by molar-refractivity contribution is -0.116. The Labute approximate surface area is 100 Å². The second-order valence-corrected chi connectivity index (χ2v) is 4.75. The predicted octanol–water partition coefficient (Wildman–Crippen LogP) is 1.14. The van der Waals surface area contributed by atoms with Gasteiger partial charge in [0.15, 0.2) is 0 Å². The number of carbonyl (C=O) groups excluding carboxylic acids is 1. The Morgan fingerprint density at radius 2 is 2.29 bits per heavy atom. The standard InChI is InChI=1S/C13H16N2O2/c1-7-4-11-10(5-8(6-14)17-11)9-2-3-12(16)15-13(7)9/h4,8H,2-3,5-6,14H2,1H3,(H,15,16). The van der Waals surface area contributed by atoms with Gasteiger partial charge in [0.2, 0.25) is 5.91 Å². The molecule has 3 rings (SSSR count). The first-order valence-electron chi connectivity index (χ1n) is 6.01. The lowest BCUT2D eigenvalue weighted by atomic mass is 9.92. The van der Waals surface area contributed by atoms with Gasteiger partial charge in [0.05, 0.1) is 0 Å². The van der Waals surface area contributed by atoms with E-state index >= 15 is 0 Å². The van der Waals surface area contributed by atoms with E-state index in [1.807, 2.05) is 13.0 Å². The zero-order valence-corrected chi connectivity index (χ0v) is 9.88. The first-order valence-corrected chi connectivity index (χ1v) is 6.01. The fraction of sp³-hybridized carbons (Fsp3) is 0.462. The summed E-state index contributed by atoms with van der Waals surface area (Å²) in [7, 11) is 0. The predicted molar refractivity (Wildman–Crippen MR) is 65.3 cm³/mol. The first kappa shape index (κ1) is 10.6. The van der Waals surface area contributed by atoms with Crippen LogP contribution in [0.3, 0.4) is 0 Å². The van der Waals surface area contributed by atoms with Crippen molar-refractivity contribution in [3.05, 3.63) is 22.8 Å². The van der Waals surface area contributed by atoms with E-state index in [1.54, 1.807) is 0 Å². The van der Waals surface area contributed by atoms with Gasteiger partial charge in [0.25, 0.3) is 0 Å². The number of hydrogen-bond donors (Lipinski definition) is 2. The maximum atomic E-state index is 11.4. The van der Waals surface area contributed by atoms with Crippen LogP contribution in [-0.4, -0.2) is 18.6 Å². The van der Waals surface area contributed by atoms with E-state index < -0.39 is 0 Å². The molecule has 0 fully saturated rings. The van der Waals surface area contributed by atoms with Gasteiger partial charge in [0, 0.05) is 30.6 Å². The van der Waals surface area contributed by atoms with Crippen LogP contribution in [0.4, 0.5) is 5.69 Å². The molecule has 3 N–H and O–H groups in total. The summed E-state index contributed by atoms with van der Waals surface area (Å²) in [5, 5.41) is 2.96. The number of aryl methyl sites for hydroxylation is 1. The van der Waals surface area contributed by atoms with Crippen LogP contribution in [0, 0.1) is 6.92 Å². The number of nitrogens with two attached hydrogens (primary N) is 1. The largest absolute Gasteiger partial charge is 0.488 e. The SMILES string of the molecule is Cc1cc2c(c3c1NC(=O)CC3)CC(CN)O2. The number of amides is 1. The third-order valence-corrected chi connectivity index (χ3v) is 3.56. The van der Waals surface area contributed by atoms with Crippen LogP contribution in [0.1, 0.15) is 23.1 Å². The van der Waals surface area contributed by atoms with Crippen LogP contribution in [-0.2, 0) is 17.6 Å². The van der Waals surface area contributed by atoms with Gasteiger partial charge in [-0.1, -0.05) is 0 Å². The second kappa shape index (κ2) is 3.74. The zero-order chi connectivity index (χ0) is 12.0. The molecule has 1 aromatic carbocycles. The highest BCUT2D eigenvalue weighted by atomic mass is 16.5. The Morgan fingerprint density at radius 1 is 1.47 bits per heavy atom. The van der Waals surface area contributed by atoms with Crippen LogP contribution in [0.15, 0.2) is 6.07 Å². The van der Waals surface area contributed by atoms with Crippen LogP contribution in [0.2, 0.25) is 0 Å². The van der Waals surface area contributed by atoms with E-state index in [-0.39, 0.29) is 12.0 Å². The van der Waals surface area contributed by atoms with E-state index in [9.17, 15) is 4.79 Å². The summed E-state index contributed by atoms with van der Waals surface area (Å²) >= 11 is 0. The lowest BCUT2D eigenvalue weighted by Gasteiger charge is -2.21. The summed E-state index contributed by atoms with van der Waals surface area (Å²) < 4.78 is 5.79. The van der Waals surface area contributed by atoms with Crippen LogP contribution in [0.25, 0.3) is 0 Å². The molecule has 0 aromatic heterocycles. The number of nitrogens with one attached hydrogen (secondary N) is 1. The topological polar surface area (TPSA) is 64.4 Å². The number of rotatable bonds is 1. The molecule has 0 saturated heterocycles. The van der Waals surface area contributed by atoms with E-state index in [4.69, 9.17) is 10.5 Å². The van der Waals surface area contributed by atoms with Crippen LogP contribution in [0.5, 0.6) is 5.75 Å². The van der Waals surface area contributed by atoms with E-state index in [0.29, 0.717) is 13.0 Å². The molecular weight excluding hydrogens is 216 g/mol. The smallest absolute Gasteiger partial charge is 0.224 e. The minimum Gasteiger partial charge on any atom is -0.488 e. The molecule has 0 aliphatic carbocycles. The number of anilines is 1. The van der Waals surface area contributed by atoms with E-state index in [0.717, 1.165) is 29.8 Å². The third-order valence-electron chi connectivity index (χ3n) is 3.56. The number of benzene rings is 1. The molecule has 17 heavy (non-hydrogen) atoms. The van der Waals surface area contributed by atoms with Gasteiger partial charge in [-0.25, -0.2) is 0 Å². The molecular formula is C13H16N2O2. The van der Waals surface area contributed by atoms with Gasteiger partial charge < -0.3 is 15.8 Å². The molecule has 4 heteroatoms. The van der Waals surface area contributed by atoms with Crippen molar-refractivity contribution in [2.75, 3.05) is 11.9 Å². The molecule has 2 heterocycles. The Morgan fingerprint density at radius 3 is 3.06 bits per heavy atom. The Bertz CT molecular complexity index is 497. The molecule has 1 unspecified atom stereocenters. The summed E-state index contributed by atoms with van der Waals surface area (Å²) in [6.45, 7) is 2.54. The van der Waals surface area contributed by atoms with Gasteiger partial charge in [-0.2, -0.15) is 0 Å². The molecule has 1 aromatic rings. The Kier molecular flexibility index (Phi) is 2.33. The average molecular weight is 232 g/mol. The van der Waals surface area contributed by atoms with Crippen molar-refractivity contribution in [1.29, 1.82) is 0 Å². The van der Waals surface area contributed by atoms with Gasteiger partial charge in [-0.05, 0) is 30.5 Å². The van der Waals surface area contributed by atoms with Gasteiger partial charge in [0.1, 0.15) is 11.9 Å². The summed E-state index contributed by atoms with van der Waals surface area (Å²) in [5.41, 5.74) is 10.2. The highest BCUT2D eigenvalue weighted by Crippen LogP contribution is 2.40. The Balaban J connectivity index is 2.09. The van der Waals surface area contributed by atoms with Crippen molar-refractivity contribution in [2.45, 2.75) is 32.3 Å². The van der Waals surface area contributed by atoms with Crippen molar-refractivity contribution in [3.63, 3.8) is 0 Å². The third kappa shape index (κ3) is 1.60. The zero-order valence-electron chi connectivity index (χ0n) is 9.88. The Hall–Kier alpha value is -1.55. The minimum atomic E-state index is 0.0912. The molecule has 0 saturated carbocycles. The molecule has 90 valence electrons. The molecule has 0 radical (unpaired) electrons. The summed E-state index contributed by atoms with van der Waals surface area (Å²) in [6.07, 6.45) is 2.33. The van der Waals surface area contributed by atoms with E-state index in [2.05, 4.69) is 5.32 Å². The molecule has 0 spiro atoms. The number of ether oxygens (including phenoxy) is 1. The maximum absolute atomic E-state index is 11.4. The summed E-state index contributed by atoms with van der Waals surface area (Å²) in [6, 6.07) is 2.01. The van der Waals surface area contributed by atoms with Crippen molar-refractivity contribution < 1.29 is 9.53 Å². The molecule has 2 aliphatic rings. The number of carbonyl (C=O) groups is 1. The molecule has 0 bridgehead atoms.